The summed E-state index contributed by atoms with van der Waals surface area (Å²) in [4.78, 5) is 278. The SMILES string of the molecule is CC(=O)[C@H](CCC(=O)O)NC(=O)[C@H](CS)NC(=O)[C@H](CC(=O)O)NC(=O)[C@H](CCCNC(N)N)NC(=O)[C@H](CS)NN[C@@H](CO)C(=O)N[C@@H](CCC(N)=O)C(=O)C(=O)[C@H](CCCCN)NC(=O)CNC(=O)[C@H](CS)NC(=O)[C@H](CC(N)=O)NN[C@@H](CCCCN)C(=O)N[C@@H](CC(=O)O)C(=O)C(=O)[C@H](CCC(=O)O)NNCCn1c([N+](=O)[O-])cnc1C. The molecule has 0 bridgehead atoms. The van der Waals surface area contributed by atoms with Gasteiger partial charge in [-0.25, -0.2) is 36.7 Å². The number of nitrogens with zero attached hydrogens (tertiary/aromatic N) is 3. The smallest absolute Gasteiger partial charge is 0.342 e. The molecule has 680 valence electrons. The second-order valence-electron chi connectivity index (χ2n) is 27.0. The number of nitrogens with one attached hydrogen (secondary N) is 16. The number of primary amides is 2. The highest BCUT2D eigenvalue weighted by atomic mass is 32.1. The Morgan fingerprint density at radius 2 is 0.868 bits per heavy atom. The molecule has 55 heteroatoms. The topological polar surface area (TPSA) is 852 Å². The number of aliphatic hydroxyl groups excluding tert-OH is 1. The van der Waals surface area contributed by atoms with E-state index in [9.17, 15) is 126 Å². The molecule has 0 spiro atoms. The van der Waals surface area contributed by atoms with Crippen LogP contribution < -0.4 is 120 Å². The number of nitro groups is 1. The lowest BCUT2D eigenvalue weighted by molar-refractivity contribution is -0.392. The number of amides is 11. The summed E-state index contributed by atoms with van der Waals surface area (Å²) in [6.45, 7) is 0.246. The Labute approximate surface area is 707 Å². The quantitative estimate of drug-likeness (QED) is 0.00719. The predicted molar refractivity (Wildman–Crippen MR) is 430 cm³/mol. The molecule has 1 aromatic heterocycles. The number of hydrogen-bond donors (Lipinski definition) is 30. The molecule has 1 rings (SSSR count). The van der Waals surface area contributed by atoms with Crippen molar-refractivity contribution in [3.8, 4) is 0 Å². The Morgan fingerprint density at radius 3 is 1.39 bits per heavy atom. The molecule has 1 aromatic rings. The van der Waals surface area contributed by atoms with Gasteiger partial charge in [0.15, 0.2) is 11.6 Å². The first-order chi connectivity index (χ1) is 57.0. The van der Waals surface area contributed by atoms with Crippen LogP contribution in [-0.4, -0.2) is 299 Å². The zero-order valence-corrected chi connectivity index (χ0v) is 68.8. The maximum atomic E-state index is 14.2. The summed E-state index contributed by atoms with van der Waals surface area (Å²) in [5.74, 6) is -26.7. The van der Waals surface area contributed by atoms with E-state index in [4.69, 9.17) is 39.5 Å². The second-order valence-corrected chi connectivity index (χ2v) is 28.1. The monoisotopic (exact) mass is 1780 g/mol. The molecule has 0 aliphatic rings. The number of hydrogen-bond acceptors (Lipinski definition) is 38. The minimum atomic E-state index is -2.12. The lowest BCUT2D eigenvalue weighted by atomic mass is 9.95. The van der Waals surface area contributed by atoms with Crippen LogP contribution in [0.5, 0.6) is 0 Å². The van der Waals surface area contributed by atoms with E-state index in [1.807, 2.05) is 0 Å². The van der Waals surface area contributed by atoms with Crippen LogP contribution in [0.1, 0.15) is 122 Å². The van der Waals surface area contributed by atoms with Crippen LogP contribution in [0.3, 0.4) is 0 Å². The third-order valence-electron chi connectivity index (χ3n) is 17.4. The summed E-state index contributed by atoms with van der Waals surface area (Å²) in [5.41, 5.74) is 48.1. The molecule has 0 unspecified atom stereocenters. The molecule has 11 amide bonds. The highest BCUT2D eigenvalue weighted by Gasteiger charge is 2.40. The van der Waals surface area contributed by atoms with E-state index >= 15 is 0 Å². The molecule has 52 nitrogen and oxygen atoms in total. The lowest BCUT2D eigenvalue weighted by Gasteiger charge is -2.27. The molecule has 0 saturated heterocycles. The number of carboxylic acids is 4. The molecule has 121 heavy (non-hydrogen) atoms. The minimum Gasteiger partial charge on any atom is -0.481 e. The largest absolute Gasteiger partial charge is 0.481 e. The van der Waals surface area contributed by atoms with Crippen LogP contribution in [0.2, 0.25) is 0 Å². The summed E-state index contributed by atoms with van der Waals surface area (Å²) in [5, 5.41) is 82.9. The number of ketones is 5. The van der Waals surface area contributed by atoms with Gasteiger partial charge < -0.3 is 118 Å². The highest BCUT2D eigenvalue weighted by molar-refractivity contribution is 7.80. The van der Waals surface area contributed by atoms with E-state index < -0.39 is 289 Å². The Hall–Kier alpha value is -10.4. The van der Waals surface area contributed by atoms with Gasteiger partial charge in [-0.05, 0) is 95.7 Å². The van der Waals surface area contributed by atoms with Crippen LogP contribution in [0.25, 0.3) is 0 Å². The van der Waals surface area contributed by atoms with Crippen molar-refractivity contribution >= 4 is 161 Å². The Balaban J connectivity index is 3.42. The van der Waals surface area contributed by atoms with Gasteiger partial charge in [0.05, 0.1) is 62.6 Å². The summed E-state index contributed by atoms with van der Waals surface area (Å²) < 4.78 is 1.20. The minimum absolute atomic E-state index is 0.00779. The summed E-state index contributed by atoms with van der Waals surface area (Å²) in [6.07, 6.45) is -6.84. The van der Waals surface area contributed by atoms with Gasteiger partial charge in [-0.15, -0.1) is 0 Å². The number of aliphatic hydroxyl groups is 1. The third-order valence-corrected chi connectivity index (χ3v) is 18.5. The molecule has 1 heterocycles. The van der Waals surface area contributed by atoms with Crippen LogP contribution >= 0.6 is 37.9 Å². The maximum Gasteiger partial charge on any atom is 0.342 e. The number of rotatable bonds is 69. The number of nitrogens with two attached hydrogens (primary N) is 6. The van der Waals surface area contributed by atoms with Crippen molar-refractivity contribution in [3.05, 3.63) is 22.1 Å². The van der Waals surface area contributed by atoms with Gasteiger partial charge in [0.2, 0.25) is 88.1 Å². The molecule has 0 fully saturated rings. The summed E-state index contributed by atoms with van der Waals surface area (Å²) in [6, 6.07) is -22.5. The Morgan fingerprint density at radius 1 is 0.455 bits per heavy atom. The van der Waals surface area contributed by atoms with Gasteiger partial charge in [-0.1, -0.05) is 6.42 Å². The number of imidazole rings is 1. The van der Waals surface area contributed by atoms with Crippen molar-refractivity contribution in [1.29, 1.82) is 0 Å². The Kier molecular flexibility index (Phi) is 52.5. The maximum absolute atomic E-state index is 14.2. The van der Waals surface area contributed by atoms with Gasteiger partial charge in [-0.2, -0.15) is 37.9 Å². The first-order valence-corrected chi connectivity index (χ1v) is 39.5. The standard InChI is InChI=1S/C66H111N25O27S3/c1-31(93)33(12-15-50(97)98)78-64(115)44(29-120)84-61(112)40(24-53(103)104)82-59(110)37(10-7-19-73-66(71)72)80-65(116)45(30-121)89-88-42(27-92)63(114)79-35(11-14-46(69)94)55(106)54(105)34(8-3-5-17-67)77-48(96)25-75-58(109)43(28-119)83-62(113)41(22-47(70)95)87-86-38(9-4-6-18-68)60(111)81-39(23-52(101)102)57(108)56(107)36(13-16-51(99)100)85-76-20-21-90-32(2)74-26-49(90)91(117)118/h26,33-45,66,73,76,85-89,92,119-121H,3-25,27-30,67-68,71-72H2,1-2H3,(H2,69,94)(H2,70,95)(H,75,109)(H,77,96)(H,78,115)(H,79,114)(H,80,116)(H,81,111)(H,82,110)(H,83,113)(H,84,112)(H,97,98)(H,99,100)(H,101,102)(H,103,104)/t33-,34-,35-,36-,37-,38-,39-,40-,41-,42-,43-,44-,45-/m0/s1. The lowest BCUT2D eigenvalue weighted by Crippen LogP contribution is -2.62. The number of thiol groups is 3. The van der Waals surface area contributed by atoms with E-state index in [-0.39, 0.29) is 102 Å². The number of carbonyl (C=O) groups is 20. The first-order valence-electron chi connectivity index (χ1n) is 37.6. The second kappa shape index (κ2) is 58.5. The van der Waals surface area contributed by atoms with Crippen molar-refractivity contribution in [2.45, 2.75) is 214 Å². The molecule has 13 atom stereocenters. The van der Waals surface area contributed by atoms with E-state index in [2.05, 4.69) is 129 Å². The van der Waals surface area contributed by atoms with Gasteiger partial charge in [0.25, 0.3) is 0 Å². The number of aromatic nitrogens is 2. The number of aliphatic carboxylic acids is 4. The number of carboxylic acid groups (broad SMARTS) is 4. The van der Waals surface area contributed by atoms with E-state index in [0.717, 1.165) is 13.1 Å². The zero-order valence-electron chi connectivity index (χ0n) is 66.1. The average Bonchev–Trinajstić information content (AvgIpc) is 1.68. The average molecular weight is 1780 g/mol. The Bertz CT molecular complexity index is 3750. The fraction of sp³-hybridized carbons (Fsp3) is 0.652. The number of unbranched alkanes of at least 4 members (excludes halogenated alkanes) is 2. The summed E-state index contributed by atoms with van der Waals surface area (Å²) in [7, 11) is 0. The van der Waals surface area contributed by atoms with Gasteiger partial charge in [0, 0.05) is 50.0 Å². The van der Waals surface area contributed by atoms with Crippen molar-refractivity contribution in [3.63, 3.8) is 0 Å². The van der Waals surface area contributed by atoms with Gasteiger partial charge in [-0.3, -0.25) is 107 Å². The molecule has 0 radical (unpaired) electrons. The molecule has 0 aliphatic carbocycles. The van der Waals surface area contributed by atoms with Gasteiger partial charge in [0.1, 0.15) is 67.4 Å². The van der Waals surface area contributed by atoms with Crippen molar-refractivity contribution < 1.29 is 126 Å². The molecular formula is C66H111N25O27S3. The molecule has 0 aliphatic heterocycles. The number of aryl methyl sites for hydroxylation is 1. The van der Waals surface area contributed by atoms with Crippen molar-refractivity contribution in [2.75, 3.05) is 56.6 Å². The summed E-state index contributed by atoms with van der Waals surface area (Å²) >= 11 is 12.3. The van der Waals surface area contributed by atoms with Crippen LogP contribution in [0, 0.1) is 17.0 Å². The fourth-order valence-electron chi connectivity index (χ4n) is 10.8. The van der Waals surface area contributed by atoms with Crippen LogP contribution in [0.15, 0.2) is 6.20 Å². The third kappa shape index (κ3) is 42.6. The highest BCUT2D eigenvalue weighted by Crippen LogP contribution is 2.15. The van der Waals surface area contributed by atoms with E-state index in [0.29, 0.717) is 0 Å². The molecule has 0 saturated carbocycles. The number of hydrazine groups is 3. The number of carbonyl (C=O) groups excluding carboxylic acids is 16. The number of Topliss-reactive ketones (excluding diaryl/α,β-unsaturated/α-hetero) is 5. The zero-order chi connectivity index (χ0) is 91.8. The fourth-order valence-corrected chi connectivity index (χ4v) is 11.6. The predicted octanol–water partition coefficient (Wildman–Crippen LogP) is -12.5. The molecule has 0 aromatic carbocycles. The van der Waals surface area contributed by atoms with Crippen molar-refractivity contribution in [1.82, 2.24) is 95.3 Å². The van der Waals surface area contributed by atoms with Crippen molar-refractivity contribution in [2.24, 2.45) is 34.4 Å². The van der Waals surface area contributed by atoms with Crippen LogP contribution in [-0.2, 0) is 102 Å². The van der Waals surface area contributed by atoms with Crippen LogP contribution in [0.4, 0.5) is 5.82 Å². The molecule has 33 N–H and O–H groups in total. The van der Waals surface area contributed by atoms with E-state index in [1.165, 1.54) is 11.5 Å². The van der Waals surface area contributed by atoms with Gasteiger partial charge >= 0.3 is 29.7 Å². The van der Waals surface area contributed by atoms with E-state index in [1.54, 1.807) is 0 Å². The first kappa shape index (κ1) is 109. The normalized spacial score (nSPS) is 14.4. The molecular weight excluding hydrogens is 1670 g/mol.